The molecule has 0 aromatic rings. The van der Waals surface area contributed by atoms with E-state index in [4.69, 9.17) is 19.8 Å². The smallest absolute Gasteiger partial charge is 0.308 e. The summed E-state index contributed by atoms with van der Waals surface area (Å²) in [6, 6.07) is 1.93. The highest BCUT2D eigenvalue weighted by Gasteiger charge is 2.45. The monoisotopic (exact) mass is 229 g/mol. The van der Waals surface area contributed by atoms with Crippen molar-refractivity contribution in [3.8, 4) is 6.07 Å². The Morgan fingerprint density at radius 2 is 2.25 bits per heavy atom. The third-order valence-electron chi connectivity index (χ3n) is 2.18. The number of hydrogen-bond acceptors (Lipinski definition) is 5. The van der Waals surface area contributed by atoms with Gasteiger partial charge in [0, 0.05) is 6.42 Å². The maximum atomic E-state index is 10.6. The third-order valence-corrected chi connectivity index (χ3v) is 2.18. The first-order valence-corrected chi connectivity index (χ1v) is 4.95. The number of ether oxygens (including phenoxy) is 2. The number of nitriles is 1. The minimum Gasteiger partial charge on any atom is -0.481 e. The number of carboxylic acids is 1. The van der Waals surface area contributed by atoms with E-state index >= 15 is 0 Å². The van der Waals surface area contributed by atoms with Gasteiger partial charge in [-0.2, -0.15) is 5.26 Å². The summed E-state index contributed by atoms with van der Waals surface area (Å²) in [5, 5.41) is 27.2. The molecule has 0 aromatic carbocycles. The van der Waals surface area contributed by atoms with Gasteiger partial charge in [0.15, 0.2) is 11.6 Å². The van der Waals surface area contributed by atoms with Crippen molar-refractivity contribution in [1.82, 2.24) is 0 Å². The van der Waals surface area contributed by atoms with E-state index in [9.17, 15) is 9.90 Å². The SMILES string of the molecule is CC1(C)O[C@H](CC#N)C[C@](O)(CC(=O)O)O1. The molecule has 2 N–H and O–H groups in total. The zero-order valence-electron chi connectivity index (χ0n) is 9.27. The van der Waals surface area contributed by atoms with Crippen molar-refractivity contribution in [1.29, 1.82) is 5.26 Å². The molecule has 6 heteroatoms. The molecule has 0 aliphatic carbocycles. The van der Waals surface area contributed by atoms with Crippen LogP contribution in [0, 0.1) is 11.3 Å². The van der Waals surface area contributed by atoms with E-state index in [1.54, 1.807) is 13.8 Å². The van der Waals surface area contributed by atoms with Crippen LogP contribution in [0.15, 0.2) is 0 Å². The first-order valence-electron chi connectivity index (χ1n) is 4.95. The van der Waals surface area contributed by atoms with Crippen LogP contribution in [0.25, 0.3) is 0 Å². The van der Waals surface area contributed by atoms with Crippen LogP contribution in [-0.4, -0.2) is 33.9 Å². The molecule has 0 spiro atoms. The predicted octanol–water partition coefficient (Wildman–Crippen LogP) is 0.605. The molecule has 1 aliphatic rings. The fourth-order valence-corrected chi connectivity index (χ4v) is 1.88. The Bertz CT molecular complexity index is 322. The number of hydrogen-bond donors (Lipinski definition) is 2. The summed E-state index contributed by atoms with van der Waals surface area (Å²) in [4.78, 5) is 10.6. The second kappa shape index (κ2) is 4.37. The zero-order chi connectivity index (χ0) is 12.4. The Kier molecular flexibility index (Phi) is 3.53. The molecule has 2 atom stereocenters. The van der Waals surface area contributed by atoms with Crippen molar-refractivity contribution in [3.63, 3.8) is 0 Å². The van der Waals surface area contributed by atoms with Crippen molar-refractivity contribution >= 4 is 5.97 Å². The van der Waals surface area contributed by atoms with Crippen molar-refractivity contribution in [2.45, 2.75) is 50.8 Å². The topological polar surface area (TPSA) is 99.8 Å². The summed E-state index contributed by atoms with van der Waals surface area (Å²) in [5.74, 6) is -4.02. The Balaban J connectivity index is 2.79. The largest absolute Gasteiger partial charge is 0.481 e. The van der Waals surface area contributed by atoms with Crippen LogP contribution in [-0.2, 0) is 14.3 Å². The summed E-state index contributed by atoms with van der Waals surface area (Å²) in [5.41, 5.74) is 0. The number of aliphatic hydroxyl groups is 1. The van der Waals surface area contributed by atoms with E-state index < -0.39 is 30.1 Å². The minimum atomic E-state index is -1.77. The third kappa shape index (κ3) is 3.45. The fourth-order valence-electron chi connectivity index (χ4n) is 1.88. The van der Waals surface area contributed by atoms with Gasteiger partial charge in [-0.15, -0.1) is 0 Å². The van der Waals surface area contributed by atoms with E-state index in [1.165, 1.54) is 0 Å². The lowest BCUT2D eigenvalue weighted by Crippen LogP contribution is -2.53. The standard InChI is InChI=1S/C10H15NO5/c1-9(2)15-7(3-4-11)5-10(14,16-9)6-8(12)13/h7,14H,3,5-6H2,1-2H3,(H,12,13)/t7-,10-/m1/s1. The summed E-state index contributed by atoms with van der Waals surface area (Å²) in [6.45, 7) is 3.15. The molecule has 1 fully saturated rings. The number of carboxylic acid groups (broad SMARTS) is 1. The summed E-state index contributed by atoms with van der Waals surface area (Å²) < 4.78 is 10.6. The first kappa shape index (κ1) is 12.9. The van der Waals surface area contributed by atoms with Gasteiger partial charge in [0.05, 0.1) is 25.0 Å². The van der Waals surface area contributed by atoms with E-state index in [1.807, 2.05) is 6.07 Å². The highest BCUT2D eigenvalue weighted by Crippen LogP contribution is 2.35. The Morgan fingerprint density at radius 3 is 2.75 bits per heavy atom. The zero-order valence-corrected chi connectivity index (χ0v) is 9.27. The number of rotatable bonds is 3. The normalized spacial score (nSPS) is 33.0. The molecule has 0 unspecified atom stereocenters. The molecule has 90 valence electrons. The molecule has 0 bridgehead atoms. The van der Waals surface area contributed by atoms with Crippen LogP contribution < -0.4 is 0 Å². The van der Waals surface area contributed by atoms with Crippen molar-refractivity contribution in [2.24, 2.45) is 0 Å². The number of carbonyl (C=O) groups is 1. The van der Waals surface area contributed by atoms with Crippen LogP contribution >= 0.6 is 0 Å². The Hall–Kier alpha value is -1.16. The fraction of sp³-hybridized carbons (Fsp3) is 0.800. The highest BCUT2D eigenvalue weighted by atomic mass is 16.8. The molecular formula is C10H15NO5. The lowest BCUT2D eigenvalue weighted by atomic mass is 10.00. The maximum Gasteiger partial charge on any atom is 0.308 e. The average molecular weight is 229 g/mol. The molecule has 1 heterocycles. The molecule has 0 saturated carbocycles. The summed E-state index contributed by atoms with van der Waals surface area (Å²) in [6.07, 6.45) is -0.967. The van der Waals surface area contributed by atoms with Crippen LogP contribution in [0.2, 0.25) is 0 Å². The van der Waals surface area contributed by atoms with Gasteiger partial charge >= 0.3 is 5.97 Å². The first-order chi connectivity index (χ1) is 7.26. The molecule has 6 nitrogen and oxygen atoms in total. The van der Waals surface area contributed by atoms with Gasteiger partial charge in [-0.05, 0) is 13.8 Å². The van der Waals surface area contributed by atoms with Gasteiger partial charge in [-0.25, -0.2) is 0 Å². The predicted molar refractivity (Wildman–Crippen MR) is 52.1 cm³/mol. The quantitative estimate of drug-likeness (QED) is 0.735. The van der Waals surface area contributed by atoms with Crippen LogP contribution in [0.1, 0.15) is 33.1 Å². The minimum absolute atomic E-state index is 0.0176. The molecule has 16 heavy (non-hydrogen) atoms. The molecule has 1 saturated heterocycles. The molecule has 1 rings (SSSR count). The number of aliphatic carboxylic acids is 1. The van der Waals surface area contributed by atoms with Gasteiger partial charge in [0.25, 0.3) is 0 Å². The lowest BCUT2D eigenvalue weighted by molar-refractivity contribution is -0.388. The van der Waals surface area contributed by atoms with Gasteiger partial charge in [0.1, 0.15) is 0 Å². The van der Waals surface area contributed by atoms with Crippen molar-refractivity contribution in [3.05, 3.63) is 0 Å². The molecule has 0 radical (unpaired) electrons. The summed E-state index contributed by atoms with van der Waals surface area (Å²) >= 11 is 0. The maximum absolute atomic E-state index is 10.6. The lowest BCUT2D eigenvalue weighted by Gasteiger charge is -2.44. The Morgan fingerprint density at radius 1 is 1.62 bits per heavy atom. The van der Waals surface area contributed by atoms with Crippen LogP contribution in [0.5, 0.6) is 0 Å². The van der Waals surface area contributed by atoms with E-state index in [2.05, 4.69) is 0 Å². The van der Waals surface area contributed by atoms with Gasteiger partial charge < -0.3 is 19.7 Å². The van der Waals surface area contributed by atoms with Crippen molar-refractivity contribution in [2.75, 3.05) is 0 Å². The van der Waals surface area contributed by atoms with Crippen LogP contribution in [0.4, 0.5) is 0 Å². The van der Waals surface area contributed by atoms with Crippen molar-refractivity contribution < 1.29 is 24.5 Å². The second-order valence-electron chi connectivity index (χ2n) is 4.32. The van der Waals surface area contributed by atoms with E-state index in [0.717, 1.165) is 0 Å². The molecule has 0 amide bonds. The molecular weight excluding hydrogens is 214 g/mol. The van der Waals surface area contributed by atoms with Gasteiger partial charge in [-0.3, -0.25) is 4.79 Å². The number of nitrogens with zero attached hydrogens (tertiary/aromatic N) is 1. The second-order valence-corrected chi connectivity index (χ2v) is 4.32. The Labute approximate surface area is 93.4 Å². The van der Waals surface area contributed by atoms with Crippen LogP contribution in [0.3, 0.4) is 0 Å². The van der Waals surface area contributed by atoms with E-state index in [0.29, 0.717) is 0 Å². The molecule has 0 aromatic heterocycles. The van der Waals surface area contributed by atoms with Gasteiger partial charge in [-0.1, -0.05) is 0 Å². The average Bonchev–Trinajstić information content (AvgIpc) is 1.96. The molecule has 1 aliphatic heterocycles. The highest BCUT2D eigenvalue weighted by molar-refractivity contribution is 5.67. The van der Waals surface area contributed by atoms with E-state index in [-0.39, 0.29) is 12.8 Å². The van der Waals surface area contributed by atoms with Gasteiger partial charge in [0.2, 0.25) is 0 Å². The summed E-state index contributed by atoms with van der Waals surface area (Å²) in [7, 11) is 0.